The summed E-state index contributed by atoms with van der Waals surface area (Å²) in [4.78, 5) is 17.9. The number of amides is 1. The molecule has 1 aromatic heterocycles. The SMILES string of the molecule is O=C1C[C@]2(CC3CCC2CN3)CN1c1ccc(C(F)(F)F)cn1. The average Bonchev–Trinajstić information content (AvgIpc) is 2.84. The van der Waals surface area contributed by atoms with E-state index in [2.05, 4.69) is 10.3 Å². The fraction of sp³-hybridized carbons (Fsp3) is 0.625. The summed E-state index contributed by atoms with van der Waals surface area (Å²) in [7, 11) is 0. The first kappa shape index (κ1) is 14.9. The number of pyridine rings is 1. The van der Waals surface area contributed by atoms with Crippen molar-refractivity contribution in [3.8, 4) is 0 Å². The van der Waals surface area contributed by atoms with Crippen molar-refractivity contribution in [1.82, 2.24) is 10.3 Å². The summed E-state index contributed by atoms with van der Waals surface area (Å²) < 4.78 is 37.9. The largest absolute Gasteiger partial charge is 0.417 e. The smallest absolute Gasteiger partial charge is 0.314 e. The van der Waals surface area contributed by atoms with Gasteiger partial charge in [0.2, 0.25) is 5.91 Å². The highest BCUT2D eigenvalue weighted by molar-refractivity contribution is 5.95. The lowest BCUT2D eigenvalue weighted by atomic mass is 9.61. The number of piperidine rings is 2. The first-order chi connectivity index (χ1) is 10.9. The van der Waals surface area contributed by atoms with E-state index in [-0.39, 0.29) is 11.3 Å². The molecule has 1 amide bonds. The Morgan fingerprint density at radius 2 is 2.13 bits per heavy atom. The second kappa shape index (κ2) is 4.93. The van der Waals surface area contributed by atoms with Crippen LogP contribution in [-0.2, 0) is 11.0 Å². The number of aromatic nitrogens is 1. The van der Waals surface area contributed by atoms with Crippen molar-refractivity contribution in [3.05, 3.63) is 23.9 Å². The van der Waals surface area contributed by atoms with Crippen LogP contribution in [0.5, 0.6) is 0 Å². The monoisotopic (exact) mass is 325 g/mol. The number of anilines is 1. The van der Waals surface area contributed by atoms with E-state index in [9.17, 15) is 18.0 Å². The number of rotatable bonds is 1. The minimum atomic E-state index is -4.41. The minimum Gasteiger partial charge on any atom is -0.314 e. The predicted molar refractivity (Wildman–Crippen MR) is 77.8 cm³/mol. The number of hydrogen-bond donors (Lipinski definition) is 1. The molecule has 3 aliphatic heterocycles. The van der Waals surface area contributed by atoms with Gasteiger partial charge in [-0.3, -0.25) is 9.69 Å². The topological polar surface area (TPSA) is 45.2 Å². The summed E-state index contributed by atoms with van der Waals surface area (Å²) in [5, 5.41) is 3.49. The van der Waals surface area contributed by atoms with Gasteiger partial charge in [-0.15, -0.1) is 0 Å². The summed E-state index contributed by atoms with van der Waals surface area (Å²) in [5.41, 5.74) is -0.821. The molecular formula is C16H18F3N3O. The molecule has 0 aromatic carbocycles. The maximum atomic E-state index is 12.6. The molecule has 1 aliphatic carbocycles. The normalized spacial score (nSPS) is 33.7. The van der Waals surface area contributed by atoms with E-state index in [0.29, 0.717) is 30.7 Å². The highest BCUT2D eigenvalue weighted by Crippen LogP contribution is 2.51. The molecule has 0 radical (unpaired) electrons. The summed E-state index contributed by atoms with van der Waals surface area (Å²) in [6, 6.07) is 2.77. The lowest BCUT2D eigenvalue weighted by molar-refractivity contribution is -0.137. The van der Waals surface area contributed by atoms with E-state index >= 15 is 0 Å². The van der Waals surface area contributed by atoms with Gasteiger partial charge < -0.3 is 5.32 Å². The van der Waals surface area contributed by atoms with Crippen molar-refractivity contribution >= 4 is 11.7 Å². The number of halogens is 3. The second-order valence-electron chi connectivity index (χ2n) is 7.01. The van der Waals surface area contributed by atoms with Crippen LogP contribution >= 0.6 is 0 Å². The molecule has 4 fully saturated rings. The van der Waals surface area contributed by atoms with Gasteiger partial charge in [0.05, 0.1) is 5.56 Å². The zero-order valence-corrected chi connectivity index (χ0v) is 12.6. The summed E-state index contributed by atoms with van der Waals surface area (Å²) >= 11 is 0. The highest BCUT2D eigenvalue weighted by Gasteiger charge is 2.54. The van der Waals surface area contributed by atoms with Crippen molar-refractivity contribution in [2.45, 2.75) is 37.9 Å². The highest BCUT2D eigenvalue weighted by atomic mass is 19.4. The number of carbonyl (C=O) groups is 1. The molecule has 5 rings (SSSR count). The van der Waals surface area contributed by atoms with Crippen LogP contribution in [0, 0.1) is 11.3 Å². The number of nitrogens with one attached hydrogen (secondary N) is 1. The first-order valence-corrected chi connectivity index (χ1v) is 7.94. The van der Waals surface area contributed by atoms with Gasteiger partial charge >= 0.3 is 6.18 Å². The predicted octanol–water partition coefficient (Wildman–Crippen LogP) is 2.60. The van der Waals surface area contributed by atoms with E-state index in [1.165, 1.54) is 6.07 Å². The zero-order valence-electron chi connectivity index (χ0n) is 12.6. The van der Waals surface area contributed by atoms with Crippen LogP contribution in [0.2, 0.25) is 0 Å². The van der Waals surface area contributed by atoms with E-state index in [1.54, 1.807) is 4.90 Å². The number of hydrogen-bond acceptors (Lipinski definition) is 3. The van der Waals surface area contributed by atoms with Gasteiger partial charge in [0.15, 0.2) is 0 Å². The number of alkyl halides is 3. The molecule has 3 atom stereocenters. The molecule has 1 saturated carbocycles. The molecule has 4 nitrogen and oxygen atoms in total. The molecule has 124 valence electrons. The van der Waals surface area contributed by atoms with Crippen LogP contribution < -0.4 is 10.2 Å². The summed E-state index contributed by atoms with van der Waals surface area (Å²) in [6.45, 7) is 1.51. The molecule has 23 heavy (non-hydrogen) atoms. The molecular weight excluding hydrogens is 307 g/mol. The van der Waals surface area contributed by atoms with Crippen LogP contribution in [0.4, 0.5) is 19.0 Å². The number of carbonyl (C=O) groups excluding carboxylic acids is 1. The quantitative estimate of drug-likeness (QED) is 0.863. The lowest BCUT2D eigenvalue weighted by Gasteiger charge is -2.50. The second-order valence-corrected chi connectivity index (χ2v) is 7.01. The molecule has 1 aromatic rings. The summed E-state index contributed by atoms with van der Waals surface area (Å²) in [6.07, 6.45) is 0.135. The Hall–Kier alpha value is -1.63. The fourth-order valence-electron chi connectivity index (χ4n) is 4.46. The Bertz CT molecular complexity index is 622. The molecule has 2 bridgehead atoms. The Morgan fingerprint density at radius 1 is 1.30 bits per heavy atom. The van der Waals surface area contributed by atoms with Gasteiger partial charge in [0.1, 0.15) is 5.82 Å². The maximum absolute atomic E-state index is 12.6. The zero-order chi connectivity index (χ0) is 16.2. The number of fused-ring (bicyclic) bond motifs is 2. The fourth-order valence-corrected chi connectivity index (χ4v) is 4.46. The third kappa shape index (κ3) is 2.41. The van der Waals surface area contributed by atoms with Crippen LogP contribution in [0.15, 0.2) is 18.3 Å². The van der Waals surface area contributed by atoms with Crippen molar-refractivity contribution in [3.63, 3.8) is 0 Å². The van der Waals surface area contributed by atoms with E-state index in [1.807, 2.05) is 0 Å². The average molecular weight is 325 g/mol. The first-order valence-electron chi connectivity index (χ1n) is 7.94. The van der Waals surface area contributed by atoms with Gasteiger partial charge in [-0.05, 0) is 43.9 Å². The van der Waals surface area contributed by atoms with Gasteiger partial charge in [-0.1, -0.05) is 0 Å². The lowest BCUT2D eigenvalue weighted by Crippen LogP contribution is -2.55. The van der Waals surface area contributed by atoms with Crippen LogP contribution in [0.25, 0.3) is 0 Å². The van der Waals surface area contributed by atoms with Crippen molar-refractivity contribution in [2.75, 3.05) is 18.0 Å². The van der Waals surface area contributed by atoms with Crippen LogP contribution in [-0.4, -0.2) is 30.0 Å². The van der Waals surface area contributed by atoms with Gasteiger partial charge in [0, 0.05) is 30.6 Å². The van der Waals surface area contributed by atoms with E-state index in [4.69, 9.17) is 0 Å². The van der Waals surface area contributed by atoms with Gasteiger partial charge in [0.25, 0.3) is 0 Å². The molecule has 3 saturated heterocycles. The molecule has 4 aliphatic rings. The molecule has 7 heteroatoms. The summed E-state index contributed by atoms with van der Waals surface area (Å²) in [5.74, 6) is 0.773. The number of nitrogens with zero attached hydrogens (tertiary/aromatic N) is 2. The molecule has 4 heterocycles. The maximum Gasteiger partial charge on any atom is 0.417 e. The Kier molecular flexibility index (Phi) is 3.20. The van der Waals surface area contributed by atoms with Crippen molar-refractivity contribution < 1.29 is 18.0 Å². The minimum absolute atomic E-state index is 0.0233. The molecule has 2 unspecified atom stereocenters. The Labute approximate surface area is 132 Å². The van der Waals surface area contributed by atoms with Crippen molar-refractivity contribution in [2.24, 2.45) is 11.3 Å². The Balaban J connectivity index is 1.57. The third-order valence-electron chi connectivity index (χ3n) is 5.66. The Morgan fingerprint density at radius 3 is 2.65 bits per heavy atom. The standard InChI is InChI=1S/C16H18F3N3O/c17-16(18,19)11-2-4-13(21-8-11)22-9-15(6-14(22)23)5-12-3-1-10(15)7-20-12/h2,4,8,10,12,20H,1,3,5-7,9H2/t10?,12?,15-/m1/s1. The van der Waals surface area contributed by atoms with Crippen LogP contribution in [0.1, 0.15) is 31.2 Å². The van der Waals surface area contributed by atoms with Gasteiger partial charge in [-0.2, -0.15) is 13.2 Å². The molecule has 1 spiro atoms. The van der Waals surface area contributed by atoms with E-state index in [0.717, 1.165) is 38.1 Å². The molecule has 1 N–H and O–H groups in total. The third-order valence-corrected chi connectivity index (χ3v) is 5.66. The van der Waals surface area contributed by atoms with Crippen molar-refractivity contribution in [1.29, 1.82) is 0 Å². The van der Waals surface area contributed by atoms with Gasteiger partial charge in [-0.25, -0.2) is 4.98 Å². The van der Waals surface area contributed by atoms with E-state index < -0.39 is 11.7 Å². The van der Waals surface area contributed by atoms with Crippen LogP contribution in [0.3, 0.4) is 0 Å².